The molecule has 9 nitrogen and oxygen atoms in total. The van der Waals surface area contributed by atoms with Crippen LogP contribution in [0, 0.1) is 0 Å². The van der Waals surface area contributed by atoms with E-state index < -0.39 is 16.1 Å². The van der Waals surface area contributed by atoms with Gasteiger partial charge in [0.25, 0.3) is 0 Å². The number of carbonyl (C=O) groups excluding carboxylic acids is 1. The largest absolute Gasteiger partial charge is 0.377 e. The van der Waals surface area contributed by atoms with Gasteiger partial charge < -0.3 is 4.90 Å². The Morgan fingerprint density at radius 3 is 2.35 bits per heavy atom. The third-order valence-corrected chi connectivity index (χ3v) is 8.15. The van der Waals surface area contributed by atoms with Crippen LogP contribution in [-0.2, 0) is 27.8 Å². The van der Waals surface area contributed by atoms with Gasteiger partial charge in [0.15, 0.2) is 11.6 Å². The van der Waals surface area contributed by atoms with Crippen molar-refractivity contribution >= 4 is 55.5 Å². The van der Waals surface area contributed by atoms with E-state index in [0.29, 0.717) is 26.8 Å². The second kappa shape index (κ2) is 11.1. The van der Waals surface area contributed by atoms with Crippen LogP contribution in [0.3, 0.4) is 0 Å². The summed E-state index contributed by atoms with van der Waals surface area (Å²) in [7, 11) is -0.216. The number of hydrogen-bond acceptors (Lipinski definition) is 7. The second-order valence-electron chi connectivity index (χ2n) is 8.68. The van der Waals surface area contributed by atoms with Gasteiger partial charge in [0.1, 0.15) is 6.54 Å². The van der Waals surface area contributed by atoms with E-state index in [1.54, 1.807) is 37.3 Å². The van der Waals surface area contributed by atoms with Crippen LogP contribution in [0.5, 0.6) is 0 Å². The van der Waals surface area contributed by atoms with Gasteiger partial charge in [-0.05, 0) is 41.5 Å². The van der Waals surface area contributed by atoms with E-state index in [4.69, 9.17) is 23.2 Å². The van der Waals surface area contributed by atoms with E-state index in [-0.39, 0.29) is 30.1 Å². The molecule has 0 spiro atoms. The molecule has 1 aromatic heterocycles. The van der Waals surface area contributed by atoms with E-state index in [0.717, 1.165) is 15.9 Å². The molecule has 0 radical (unpaired) electrons. The molecule has 12 heteroatoms. The molecule has 37 heavy (non-hydrogen) atoms. The average Bonchev–Trinajstić information content (AvgIpc) is 3.30. The Balaban J connectivity index is 1.52. The van der Waals surface area contributed by atoms with Gasteiger partial charge in [-0.15, -0.1) is 10.2 Å². The standard InChI is InChI=1S/C25H26Cl2N6O3S/c1-4-21(23(34)15-33-29-25(28-31-33)14-18-19(26)10-7-11-20(18)27)30-37(35,36)24-13-6-8-16-17(24)9-5-12-22(16)32(2)3/h5-13,21,30H,4,14-15H2,1-3H3. The molecule has 0 saturated carbocycles. The maximum Gasteiger partial charge on any atom is 0.241 e. The fourth-order valence-corrected chi connectivity index (χ4v) is 6.10. The minimum Gasteiger partial charge on any atom is -0.377 e. The minimum absolute atomic E-state index is 0.109. The number of carbonyl (C=O) groups is 1. The summed E-state index contributed by atoms with van der Waals surface area (Å²) in [4.78, 5) is 16.2. The van der Waals surface area contributed by atoms with Crippen LogP contribution in [0.1, 0.15) is 24.7 Å². The molecule has 1 unspecified atom stereocenters. The van der Waals surface area contributed by atoms with Gasteiger partial charge in [-0.3, -0.25) is 4.79 Å². The highest BCUT2D eigenvalue weighted by Gasteiger charge is 2.27. The lowest BCUT2D eigenvalue weighted by atomic mass is 10.1. The lowest BCUT2D eigenvalue weighted by Crippen LogP contribution is -2.42. The average molecular weight is 561 g/mol. The number of halogens is 2. The van der Waals surface area contributed by atoms with Gasteiger partial charge in [0.2, 0.25) is 10.0 Å². The number of benzene rings is 3. The topological polar surface area (TPSA) is 110 Å². The smallest absolute Gasteiger partial charge is 0.241 e. The molecule has 0 saturated heterocycles. The number of tetrazole rings is 1. The first-order valence-electron chi connectivity index (χ1n) is 11.5. The summed E-state index contributed by atoms with van der Waals surface area (Å²) in [5.41, 5.74) is 1.55. The molecule has 3 aromatic carbocycles. The van der Waals surface area contributed by atoms with Crippen molar-refractivity contribution in [3.8, 4) is 0 Å². The molecule has 0 aliphatic rings. The van der Waals surface area contributed by atoms with Crippen LogP contribution in [0.2, 0.25) is 10.0 Å². The monoisotopic (exact) mass is 560 g/mol. The van der Waals surface area contributed by atoms with Crippen molar-refractivity contribution in [1.82, 2.24) is 24.9 Å². The number of rotatable bonds is 10. The summed E-state index contributed by atoms with van der Waals surface area (Å²) in [5.74, 6) is -0.0519. The number of aromatic nitrogens is 4. The van der Waals surface area contributed by atoms with Crippen molar-refractivity contribution in [2.75, 3.05) is 19.0 Å². The maximum absolute atomic E-state index is 13.4. The zero-order valence-corrected chi connectivity index (χ0v) is 22.8. The number of nitrogens with one attached hydrogen (secondary N) is 1. The quantitative estimate of drug-likeness (QED) is 0.310. The van der Waals surface area contributed by atoms with Gasteiger partial charge in [0.05, 0.1) is 10.9 Å². The van der Waals surface area contributed by atoms with Crippen molar-refractivity contribution in [3.63, 3.8) is 0 Å². The Kier molecular flexibility index (Phi) is 8.13. The molecule has 0 aliphatic heterocycles. The summed E-state index contributed by atoms with van der Waals surface area (Å²) in [6.45, 7) is 1.49. The Bertz CT molecular complexity index is 1540. The van der Waals surface area contributed by atoms with Gasteiger partial charge in [0, 0.05) is 47.0 Å². The Hall–Kier alpha value is -3.05. The van der Waals surface area contributed by atoms with Crippen molar-refractivity contribution in [3.05, 3.63) is 76.0 Å². The number of Topliss-reactive ketones (excluding diaryl/α,β-unsaturated/α-hetero) is 1. The van der Waals surface area contributed by atoms with Gasteiger partial charge >= 0.3 is 0 Å². The number of sulfonamides is 1. The molecular weight excluding hydrogens is 535 g/mol. The summed E-state index contributed by atoms with van der Waals surface area (Å²) >= 11 is 12.4. The summed E-state index contributed by atoms with van der Waals surface area (Å²) in [5, 5.41) is 14.5. The van der Waals surface area contributed by atoms with Gasteiger partial charge in [-0.1, -0.05) is 60.5 Å². The summed E-state index contributed by atoms with van der Waals surface area (Å²) in [6.07, 6.45) is 0.495. The predicted octanol–water partition coefficient (Wildman–Crippen LogP) is 4.12. The number of anilines is 1. The molecule has 1 N–H and O–H groups in total. The predicted molar refractivity (Wildman–Crippen MR) is 145 cm³/mol. The molecule has 0 aliphatic carbocycles. The number of nitrogens with zero attached hydrogens (tertiary/aromatic N) is 5. The fourth-order valence-electron chi connectivity index (χ4n) is 4.04. The number of fused-ring (bicyclic) bond motifs is 1. The zero-order chi connectivity index (χ0) is 26.7. The van der Waals surface area contributed by atoms with Crippen molar-refractivity contribution in [2.24, 2.45) is 0 Å². The molecule has 0 fully saturated rings. The summed E-state index contributed by atoms with van der Waals surface area (Å²) < 4.78 is 29.3. The maximum atomic E-state index is 13.4. The third kappa shape index (κ3) is 5.93. The Morgan fingerprint density at radius 2 is 1.68 bits per heavy atom. The Morgan fingerprint density at radius 1 is 1.03 bits per heavy atom. The normalized spacial score (nSPS) is 12.6. The SMILES string of the molecule is CCC(NS(=O)(=O)c1cccc2c(N(C)C)cccc12)C(=O)Cn1nnc(Cc2c(Cl)cccc2Cl)n1. The summed E-state index contributed by atoms with van der Waals surface area (Å²) in [6, 6.07) is 14.8. The molecule has 4 aromatic rings. The number of ketones is 1. The minimum atomic E-state index is -4.01. The first-order chi connectivity index (χ1) is 17.6. The van der Waals surface area contributed by atoms with E-state index in [2.05, 4.69) is 20.1 Å². The highest BCUT2D eigenvalue weighted by atomic mass is 35.5. The lowest BCUT2D eigenvalue weighted by Gasteiger charge is -2.19. The molecule has 0 amide bonds. The van der Waals surface area contributed by atoms with Gasteiger partial charge in [-0.25, -0.2) is 13.1 Å². The first kappa shape index (κ1) is 27.0. The van der Waals surface area contributed by atoms with Gasteiger partial charge in [-0.2, -0.15) is 4.80 Å². The zero-order valence-electron chi connectivity index (χ0n) is 20.5. The highest BCUT2D eigenvalue weighted by Crippen LogP contribution is 2.30. The van der Waals surface area contributed by atoms with Crippen LogP contribution in [0.25, 0.3) is 10.8 Å². The molecule has 4 rings (SSSR count). The second-order valence-corrected chi connectivity index (χ2v) is 11.2. The first-order valence-corrected chi connectivity index (χ1v) is 13.8. The van der Waals surface area contributed by atoms with Crippen molar-refractivity contribution < 1.29 is 13.2 Å². The van der Waals surface area contributed by atoms with Crippen LogP contribution in [0.15, 0.2) is 59.5 Å². The molecular formula is C25H26Cl2N6O3S. The van der Waals surface area contributed by atoms with E-state index in [1.165, 1.54) is 6.07 Å². The number of hydrogen-bond donors (Lipinski definition) is 1. The molecule has 1 heterocycles. The molecule has 1 atom stereocenters. The molecule has 0 bridgehead atoms. The van der Waals surface area contributed by atoms with E-state index in [9.17, 15) is 13.2 Å². The van der Waals surface area contributed by atoms with E-state index >= 15 is 0 Å². The molecule has 194 valence electrons. The lowest BCUT2D eigenvalue weighted by molar-refractivity contribution is -0.121. The van der Waals surface area contributed by atoms with E-state index in [1.807, 2.05) is 37.2 Å². The Labute approximate surface area is 225 Å². The highest BCUT2D eigenvalue weighted by molar-refractivity contribution is 7.89. The van der Waals surface area contributed by atoms with Crippen molar-refractivity contribution in [2.45, 2.75) is 37.2 Å². The van der Waals surface area contributed by atoms with Crippen molar-refractivity contribution in [1.29, 1.82) is 0 Å². The van der Waals surface area contributed by atoms with Crippen LogP contribution >= 0.6 is 23.2 Å². The van der Waals surface area contributed by atoms with Crippen LogP contribution < -0.4 is 9.62 Å². The third-order valence-electron chi connectivity index (χ3n) is 5.91. The fraction of sp³-hybridized carbons (Fsp3) is 0.280. The van der Waals surface area contributed by atoms with Crippen LogP contribution in [0.4, 0.5) is 5.69 Å². The van der Waals surface area contributed by atoms with Crippen LogP contribution in [-0.4, -0.2) is 54.5 Å².